The van der Waals surface area contributed by atoms with Crippen molar-refractivity contribution >= 4 is 34.8 Å². The lowest BCUT2D eigenvalue weighted by Gasteiger charge is -2.32. The molecule has 3 heterocycles. The van der Waals surface area contributed by atoms with Crippen LogP contribution in [0.1, 0.15) is 33.7 Å². The van der Waals surface area contributed by atoms with E-state index in [2.05, 4.69) is 10.3 Å². The Kier molecular flexibility index (Phi) is 5.45. The number of thiazole rings is 1. The molecule has 0 bridgehead atoms. The fraction of sp³-hybridized carbons (Fsp3) is 0.250. The van der Waals surface area contributed by atoms with Crippen molar-refractivity contribution in [2.45, 2.75) is 18.9 Å². The van der Waals surface area contributed by atoms with Crippen LogP contribution in [0.5, 0.6) is 0 Å². The summed E-state index contributed by atoms with van der Waals surface area (Å²) < 4.78 is 4.97. The highest BCUT2D eigenvalue weighted by molar-refractivity contribution is 7.13. The first kappa shape index (κ1) is 18.7. The molecular formula is C20H18ClN3O3S. The Morgan fingerprint density at radius 2 is 1.93 bits per heavy atom. The Bertz CT molecular complexity index is 961. The highest BCUT2D eigenvalue weighted by atomic mass is 35.5. The van der Waals surface area contributed by atoms with E-state index in [1.54, 1.807) is 28.5 Å². The van der Waals surface area contributed by atoms with Crippen LogP contribution in [-0.2, 0) is 0 Å². The summed E-state index contributed by atoms with van der Waals surface area (Å²) in [5.74, 6) is -0.221. The number of halogens is 1. The van der Waals surface area contributed by atoms with Gasteiger partial charge in [-0.2, -0.15) is 0 Å². The van der Waals surface area contributed by atoms with Crippen LogP contribution < -0.4 is 5.32 Å². The summed E-state index contributed by atoms with van der Waals surface area (Å²) in [6, 6.07) is 9.07. The minimum absolute atomic E-state index is 0.0292. The third kappa shape index (κ3) is 4.10. The molecule has 0 spiro atoms. The molecule has 2 aromatic heterocycles. The molecule has 2 amide bonds. The predicted octanol–water partition coefficient (Wildman–Crippen LogP) is 4.09. The number of carbonyl (C=O) groups is 2. The molecule has 0 atom stereocenters. The summed E-state index contributed by atoms with van der Waals surface area (Å²) in [6.07, 6.45) is 4.37. The first-order valence-corrected chi connectivity index (χ1v) is 10.2. The lowest BCUT2D eigenvalue weighted by Crippen LogP contribution is -2.46. The lowest BCUT2D eigenvalue weighted by atomic mass is 10.0. The van der Waals surface area contributed by atoms with Gasteiger partial charge in [-0.3, -0.25) is 9.59 Å². The minimum Gasteiger partial charge on any atom is -0.472 e. The predicted molar refractivity (Wildman–Crippen MR) is 108 cm³/mol. The number of amides is 2. The largest absolute Gasteiger partial charge is 0.472 e. The lowest BCUT2D eigenvalue weighted by molar-refractivity contribution is 0.0697. The molecule has 1 fully saturated rings. The number of furan rings is 1. The van der Waals surface area contributed by atoms with E-state index in [4.69, 9.17) is 16.0 Å². The number of hydrogen-bond donors (Lipinski definition) is 1. The summed E-state index contributed by atoms with van der Waals surface area (Å²) in [5.41, 5.74) is 1.89. The van der Waals surface area contributed by atoms with Gasteiger partial charge in [0.1, 0.15) is 17.0 Å². The van der Waals surface area contributed by atoms with Crippen molar-refractivity contribution in [2.75, 3.05) is 13.1 Å². The molecule has 0 unspecified atom stereocenters. The fourth-order valence-corrected chi connectivity index (χ4v) is 4.09. The Balaban J connectivity index is 1.32. The monoisotopic (exact) mass is 415 g/mol. The third-order valence-corrected chi connectivity index (χ3v) is 5.86. The maximum atomic E-state index is 12.5. The van der Waals surface area contributed by atoms with E-state index in [-0.39, 0.29) is 17.9 Å². The second kappa shape index (κ2) is 8.16. The van der Waals surface area contributed by atoms with Gasteiger partial charge in [-0.1, -0.05) is 23.7 Å². The molecule has 1 aromatic carbocycles. The number of nitrogens with zero attached hydrogens (tertiary/aromatic N) is 2. The van der Waals surface area contributed by atoms with Crippen LogP contribution >= 0.6 is 22.9 Å². The highest BCUT2D eigenvalue weighted by Gasteiger charge is 2.25. The van der Waals surface area contributed by atoms with E-state index in [0.717, 1.165) is 10.6 Å². The first-order chi connectivity index (χ1) is 13.6. The van der Waals surface area contributed by atoms with Crippen LogP contribution in [0.4, 0.5) is 0 Å². The second-order valence-corrected chi connectivity index (χ2v) is 7.89. The molecule has 144 valence electrons. The van der Waals surface area contributed by atoms with Gasteiger partial charge in [0.25, 0.3) is 11.8 Å². The van der Waals surface area contributed by atoms with Gasteiger partial charge in [0.15, 0.2) is 0 Å². The van der Waals surface area contributed by atoms with Crippen molar-refractivity contribution in [1.82, 2.24) is 15.2 Å². The standard InChI is InChI=1S/C20H18ClN3O3S/c21-15-3-1-13(2-4-15)19-23-17(12-28-19)18(25)22-16-5-8-24(9-6-16)20(26)14-7-10-27-11-14/h1-4,7,10-12,16H,5-6,8-9H2,(H,22,25). The molecular weight excluding hydrogens is 398 g/mol. The van der Waals surface area contributed by atoms with Crippen LogP contribution in [0.25, 0.3) is 10.6 Å². The molecule has 0 saturated carbocycles. The van der Waals surface area contributed by atoms with Gasteiger partial charge in [-0.05, 0) is 31.0 Å². The molecule has 1 saturated heterocycles. The van der Waals surface area contributed by atoms with Crippen LogP contribution in [0.2, 0.25) is 5.02 Å². The van der Waals surface area contributed by atoms with Gasteiger partial charge in [-0.25, -0.2) is 4.98 Å². The molecule has 0 radical (unpaired) electrons. The summed E-state index contributed by atoms with van der Waals surface area (Å²) in [6.45, 7) is 1.20. The maximum Gasteiger partial charge on any atom is 0.270 e. The normalized spacial score (nSPS) is 14.8. The second-order valence-electron chi connectivity index (χ2n) is 6.60. The van der Waals surface area contributed by atoms with Crippen molar-refractivity contribution in [3.05, 3.63) is 64.5 Å². The highest BCUT2D eigenvalue weighted by Crippen LogP contribution is 2.25. The molecule has 8 heteroatoms. The molecule has 28 heavy (non-hydrogen) atoms. The Labute approximate surface area is 171 Å². The van der Waals surface area contributed by atoms with Crippen LogP contribution in [0.3, 0.4) is 0 Å². The van der Waals surface area contributed by atoms with Crippen LogP contribution in [0.15, 0.2) is 52.7 Å². The molecule has 0 aliphatic carbocycles. The van der Waals surface area contributed by atoms with Gasteiger partial charge in [0.2, 0.25) is 0 Å². The molecule has 3 aromatic rings. The van der Waals surface area contributed by atoms with Crippen molar-refractivity contribution in [1.29, 1.82) is 0 Å². The van der Waals surface area contributed by atoms with Crippen LogP contribution in [-0.4, -0.2) is 40.8 Å². The molecule has 1 aliphatic rings. The van der Waals surface area contributed by atoms with Gasteiger partial charge in [0, 0.05) is 35.1 Å². The zero-order valence-electron chi connectivity index (χ0n) is 14.9. The number of rotatable bonds is 4. The van der Waals surface area contributed by atoms with Gasteiger partial charge >= 0.3 is 0 Å². The Hall–Kier alpha value is -2.64. The van der Waals surface area contributed by atoms with Crippen molar-refractivity contribution in [3.8, 4) is 10.6 Å². The maximum absolute atomic E-state index is 12.5. The first-order valence-electron chi connectivity index (χ1n) is 8.94. The minimum atomic E-state index is -0.184. The summed E-state index contributed by atoms with van der Waals surface area (Å²) in [5, 5.41) is 6.23. The zero-order chi connectivity index (χ0) is 19.5. The topological polar surface area (TPSA) is 75.4 Å². The number of likely N-dealkylation sites (tertiary alicyclic amines) is 1. The fourth-order valence-electron chi connectivity index (χ4n) is 3.16. The van der Waals surface area contributed by atoms with E-state index in [1.807, 2.05) is 12.1 Å². The summed E-state index contributed by atoms with van der Waals surface area (Å²) in [7, 11) is 0. The third-order valence-electron chi connectivity index (χ3n) is 4.71. The smallest absolute Gasteiger partial charge is 0.270 e. The van der Waals surface area contributed by atoms with Crippen LogP contribution in [0, 0.1) is 0 Å². The van der Waals surface area contributed by atoms with E-state index in [1.165, 1.54) is 23.9 Å². The van der Waals surface area contributed by atoms with Crippen molar-refractivity contribution in [3.63, 3.8) is 0 Å². The Morgan fingerprint density at radius 3 is 2.61 bits per heavy atom. The molecule has 6 nitrogen and oxygen atoms in total. The number of hydrogen-bond acceptors (Lipinski definition) is 5. The van der Waals surface area contributed by atoms with Gasteiger partial charge in [-0.15, -0.1) is 11.3 Å². The molecule has 1 aliphatic heterocycles. The average molecular weight is 416 g/mol. The Morgan fingerprint density at radius 1 is 1.18 bits per heavy atom. The van der Waals surface area contributed by atoms with Crippen molar-refractivity contribution in [2.24, 2.45) is 0 Å². The van der Waals surface area contributed by atoms with Crippen molar-refractivity contribution < 1.29 is 14.0 Å². The van der Waals surface area contributed by atoms with E-state index >= 15 is 0 Å². The summed E-state index contributed by atoms with van der Waals surface area (Å²) >= 11 is 7.34. The average Bonchev–Trinajstić information content (AvgIpc) is 3.41. The van der Waals surface area contributed by atoms with Gasteiger partial charge < -0.3 is 14.6 Å². The van der Waals surface area contributed by atoms with E-state index in [0.29, 0.717) is 42.2 Å². The van der Waals surface area contributed by atoms with E-state index < -0.39 is 0 Å². The number of piperidine rings is 1. The summed E-state index contributed by atoms with van der Waals surface area (Å²) in [4.78, 5) is 31.1. The number of benzene rings is 1. The zero-order valence-corrected chi connectivity index (χ0v) is 16.5. The van der Waals surface area contributed by atoms with E-state index in [9.17, 15) is 9.59 Å². The quantitative estimate of drug-likeness (QED) is 0.696. The number of carbonyl (C=O) groups excluding carboxylic acids is 2. The molecule has 4 rings (SSSR count). The number of aromatic nitrogens is 1. The molecule has 1 N–H and O–H groups in total. The van der Waals surface area contributed by atoms with Gasteiger partial charge in [0.05, 0.1) is 11.8 Å². The SMILES string of the molecule is O=C(NC1CCN(C(=O)c2ccoc2)CC1)c1csc(-c2ccc(Cl)cc2)n1. The number of nitrogens with one attached hydrogen (secondary N) is 1.